The molecule has 96 valence electrons. The van der Waals surface area contributed by atoms with Crippen molar-refractivity contribution in [3.05, 3.63) is 41.3 Å². The van der Waals surface area contributed by atoms with E-state index in [1.54, 1.807) is 24.3 Å². The summed E-state index contributed by atoms with van der Waals surface area (Å²) in [6.07, 6.45) is 0. The van der Waals surface area contributed by atoms with Gasteiger partial charge >= 0.3 is 5.97 Å². The van der Waals surface area contributed by atoms with Gasteiger partial charge in [0.25, 0.3) is 0 Å². The molecule has 0 bridgehead atoms. The molecule has 0 fully saturated rings. The molecule has 2 aromatic rings. The molecule has 0 aliphatic rings. The highest BCUT2D eigenvalue weighted by Gasteiger charge is 2.20. The lowest BCUT2D eigenvalue weighted by Gasteiger charge is -1.95. The molecular weight excluding hydrogens is 312 g/mol. The molecule has 0 saturated heterocycles. The van der Waals surface area contributed by atoms with Gasteiger partial charge in [0.1, 0.15) is 5.69 Å². The Morgan fingerprint density at radius 2 is 2.16 bits per heavy atom. The number of carbonyl (C=O) groups excluding carboxylic acids is 1. The van der Waals surface area contributed by atoms with Gasteiger partial charge in [-0.2, -0.15) is 5.26 Å². The van der Waals surface area contributed by atoms with E-state index in [0.717, 1.165) is 0 Å². The molecule has 0 aliphatic carbocycles. The molecule has 2 rings (SSSR count). The fourth-order valence-electron chi connectivity index (χ4n) is 1.51. The summed E-state index contributed by atoms with van der Waals surface area (Å²) in [5.74, 6) is -0.167. The van der Waals surface area contributed by atoms with E-state index >= 15 is 0 Å². The fraction of sp³-hybridized carbons (Fsp3) is 0.154. The molecule has 1 aromatic carbocycles. The number of hydrogen-bond donors (Lipinski definition) is 0. The molecule has 1 heterocycles. The number of ether oxygens (including phenoxy) is 1. The lowest BCUT2D eigenvalue weighted by molar-refractivity contribution is 0.0565. The molecule has 0 spiro atoms. The third-order valence-electron chi connectivity index (χ3n) is 2.46. The van der Waals surface area contributed by atoms with Crippen molar-refractivity contribution < 1.29 is 13.9 Å². The SMILES string of the molecule is COC(=O)c1oc(-c2ccc(C#N)cc2)nc1CBr. The second-order valence-corrected chi connectivity index (χ2v) is 4.17. The van der Waals surface area contributed by atoms with Crippen LogP contribution in [0.2, 0.25) is 0 Å². The number of oxazole rings is 1. The van der Waals surface area contributed by atoms with Gasteiger partial charge in [-0.1, -0.05) is 15.9 Å². The van der Waals surface area contributed by atoms with Crippen LogP contribution in [0.3, 0.4) is 0 Å². The molecule has 0 saturated carbocycles. The average Bonchev–Trinajstić information content (AvgIpc) is 2.90. The van der Waals surface area contributed by atoms with E-state index in [4.69, 9.17) is 9.68 Å². The van der Waals surface area contributed by atoms with Gasteiger partial charge < -0.3 is 9.15 Å². The predicted molar refractivity (Wildman–Crippen MR) is 70.6 cm³/mol. The number of nitrogens with zero attached hydrogens (tertiary/aromatic N) is 2. The number of halogens is 1. The summed E-state index contributed by atoms with van der Waals surface area (Å²) < 4.78 is 10.0. The van der Waals surface area contributed by atoms with Crippen LogP contribution in [-0.4, -0.2) is 18.1 Å². The predicted octanol–water partition coefficient (Wildman–Crippen LogP) is 2.89. The lowest BCUT2D eigenvalue weighted by Crippen LogP contribution is -2.02. The molecule has 0 aliphatic heterocycles. The summed E-state index contributed by atoms with van der Waals surface area (Å²) in [7, 11) is 1.28. The first kappa shape index (κ1) is 13.3. The van der Waals surface area contributed by atoms with Crippen molar-refractivity contribution in [1.82, 2.24) is 4.98 Å². The van der Waals surface area contributed by atoms with E-state index in [0.29, 0.717) is 28.0 Å². The smallest absolute Gasteiger partial charge is 0.376 e. The van der Waals surface area contributed by atoms with Crippen LogP contribution in [0.1, 0.15) is 21.8 Å². The quantitative estimate of drug-likeness (QED) is 0.642. The minimum absolute atomic E-state index is 0.0822. The van der Waals surface area contributed by atoms with Gasteiger partial charge in [-0.15, -0.1) is 0 Å². The Balaban J connectivity index is 2.42. The van der Waals surface area contributed by atoms with Gasteiger partial charge in [0.05, 0.1) is 18.7 Å². The zero-order chi connectivity index (χ0) is 13.8. The Morgan fingerprint density at radius 1 is 1.47 bits per heavy atom. The molecule has 0 atom stereocenters. The van der Waals surface area contributed by atoms with E-state index < -0.39 is 5.97 Å². The highest BCUT2D eigenvalue weighted by Crippen LogP contribution is 2.24. The second-order valence-electron chi connectivity index (χ2n) is 3.61. The van der Waals surface area contributed by atoms with Crippen molar-refractivity contribution in [3.8, 4) is 17.5 Å². The third-order valence-corrected chi connectivity index (χ3v) is 2.99. The number of aromatic nitrogens is 1. The lowest BCUT2D eigenvalue weighted by atomic mass is 10.1. The summed E-state index contributed by atoms with van der Waals surface area (Å²) in [6.45, 7) is 0. The normalized spacial score (nSPS) is 9.95. The molecule has 0 amide bonds. The number of esters is 1. The maximum atomic E-state index is 11.5. The van der Waals surface area contributed by atoms with Gasteiger partial charge in [-0.05, 0) is 24.3 Å². The zero-order valence-corrected chi connectivity index (χ0v) is 11.6. The first-order chi connectivity index (χ1) is 9.19. The minimum atomic E-state index is -0.568. The zero-order valence-electron chi connectivity index (χ0n) is 10.0. The number of carbonyl (C=O) groups is 1. The van der Waals surface area contributed by atoms with E-state index in [9.17, 15) is 4.79 Å². The minimum Gasteiger partial charge on any atom is -0.463 e. The number of alkyl halides is 1. The molecule has 0 N–H and O–H groups in total. The molecule has 0 radical (unpaired) electrons. The number of rotatable bonds is 3. The Hall–Kier alpha value is -2.13. The van der Waals surface area contributed by atoms with Gasteiger partial charge in [-0.3, -0.25) is 0 Å². The first-order valence-electron chi connectivity index (χ1n) is 5.34. The van der Waals surface area contributed by atoms with Gasteiger partial charge in [0.15, 0.2) is 0 Å². The van der Waals surface area contributed by atoms with Crippen LogP contribution >= 0.6 is 15.9 Å². The van der Waals surface area contributed by atoms with E-state index in [1.807, 2.05) is 6.07 Å². The highest BCUT2D eigenvalue weighted by molar-refractivity contribution is 9.08. The monoisotopic (exact) mass is 320 g/mol. The Bertz CT molecular complexity index is 641. The van der Waals surface area contributed by atoms with Crippen molar-refractivity contribution in [2.75, 3.05) is 7.11 Å². The standard InChI is InChI=1S/C13H9BrN2O3/c1-18-13(17)11-10(6-14)16-12(19-11)9-4-2-8(7-15)3-5-9/h2-5H,6H2,1H3. The number of nitriles is 1. The maximum Gasteiger partial charge on any atom is 0.376 e. The number of hydrogen-bond acceptors (Lipinski definition) is 5. The van der Waals surface area contributed by atoms with Crippen LogP contribution in [0.4, 0.5) is 0 Å². The summed E-state index contributed by atoms with van der Waals surface area (Å²) >= 11 is 3.24. The summed E-state index contributed by atoms with van der Waals surface area (Å²) in [6, 6.07) is 8.77. The molecule has 0 unspecified atom stereocenters. The van der Waals surface area contributed by atoms with Crippen LogP contribution in [0.25, 0.3) is 11.5 Å². The Kier molecular flexibility index (Phi) is 3.97. The van der Waals surface area contributed by atoms with Crippen molar-refractivity contribution in [3.63, 3.8) is 0 Å². The van der Waals surface area contributed by atoms with Crippen molar-refractivity contribution in [2.45, 2.75) is 5.33 Å². The third kappa shape index (κ3) is 2.66. The molecular formula is C13H9BrN2O3. The number of benzene rings is 1. The van der Waals surface area contributed by atoms with Crippen LogP contribution in [0.5, 0.6) is 0 Å². The van der Waals surface area contributed by atoms with E-state index in [-0.39, 0.29) is 5.76 Å². The van der Waals surface area contributed by atoms with Crippen LogP contribution in [-0.2, 0) is 10.1 Å². The molecule has 1 aromatic heterocycles. The highest BCUT2D eigenvalue weighted by atomic mass is 79.9. The van der Waals surface area contributed by atoms with Crippen molar-refractivity contribution >= 4 is 21.9 Å². The first-order valence-corrected chi connectivity index (χ1v) is 6.46. The van der Waals surface area contributed by atoms with Crippen molar-refractivity contribution in [2.24, 2.45) is 0 Å². The summed E-state index contributed by atoms with van der Waals surface area (Å²) in [5.41, 5.74) is 1.71. The average molecular weight is 321 g/mol. The largest absolute Gasteiger partial charge is 0.463 e. The molecule has 19 heavy (non-hydrogen) atoms. The summed E-state index contributed by atoms with van der Waals surface area (Å²) in [5, 5.41) is 9.12. The molecule has 6 heteroatoms. The topological polar surface area (TPSA) is 76.1 Å². The number of methoxy groups -OCH3 is 1. The Morgan fingerprint density at radius 3 is 2.68 bits per heavy atom. The van der Waals surface area contributed by atoms with Crippen LogP contribution in [0.15, 0.2) is 28.7 Å². The fourth-order valence-corrected chi connectivity index (χ4v) is 1.89. The Labute approximate surface area is 117 Å². The van der Waals surface area contributed by atoms with E-state index in [2.05, 4.69) is 25.7 Å². The van der Waals surface area contributed by atoms with Crippen LogP contribution < -0.4 is 0 Å². The van der Waals surface area contributed by atoms with Gasteiger partial charge in [0, 0.05) is 10.9 Å². The molecule has 5 nitrogen and oxygen atoms in total. The second kappa shape index (κ2) is 5.67. The van der Waals surface area contributed by atoms with Gasteiger partial charge in [-0.25, -0.2) is 9.78 Å². The van der Waals surface area contributed by atoms with Gasteiger partial charge in [0.2, 0.25) is 11.7 Å². The van der Waals surface area contributed by atoms with Crippen LogP contribution in [0, 0.1) is 11.3 Å². The van der Waals surface area contributed by atoms with E-state index in [1.165, 1.54) is 7.11 Å². The summed E-state index contributed by atoms with van der Waals surface area (Å²) in [4.78, 5) is 15.7. The maximum absolute atomic E-state index is 11.5. The van der Waals surface area contributed by atoms with Crippen molar-refractivity contribution in [1.29, 1.82) is 5.26 Å².